The number of aldehydes is 1. The normalized spacial score (nSPS) is 12.7. The highest BCUT2D eigenvalue weighted by molar-refractivity contribution is 5.55. The molecule has 90 valence electrons. The Labute approximate surface area is 93.1 Å². The van der Waals surface area contributed by atoms with Crippen LogP contribution in [0.4, 0.5) is 0 Å². The molecule has 1 atom stereocenters. The van der Waals surface area contributed by atoms with Gasteiger partial charge >= 0.3 is 0 Å². The lowest BCUT2D eigenvalue weighted by molar-refractivity contribution is -0.119. The van der Waals surface area contributed by atoms with Gasteiger partial charge in [-0.2, -0.15) is 0 Å². The van der Waals surface area contributed by atoms with Crippen molar-refractivity contribution >= 4 is 6.29 Å². The van der Waals surface area contributed by atoms with E-state index in [-0.39, 0.29) is 6.10 Å². The van der Waals surface area contributed by atoms with Crippen LogP contribution in [0.2, 0.25) is 0 Å². The van der Waals surface area contributed by atoms with Crippen molar-refractivity contribution in [3.8, 4) is 0 Å². The van der Waals surface area contributed by atoms with Gasteiger partial charge in [-0.15, -0.1) is 0 Å². The molecule has 0 aromatic carbocycles. The molecular formula is C12H24O3. The van der Waals surface area contributed by atoms with Gasteiger partial charge in [0.1, 0.15) is 12.4 Å². The first kappa shape index (κ1) is 14.6. The van der Waals surface area contributed by atoms with Crippen LogP contribution in [-0.4, -0.2) is 32.2 Å². The molecule has 0 aromatic rings. The second-order valence-electron chi connectivity index (χ2n) is 3.59. The predicted octanol–water partition coefficient (Wildman–Crippen LogP) is 2.58. The van der Waals surface area contributed by atoms with Crippen molar-refractivity contribution in [2.24, 2.45) is 0 Å². The Morgan fingerprint density at radius 2 is 1.93 bits per heavy atom. The molecule has 0 spiro atoms. The zero-order valence-electron chi connectivity index (χ0n) is 10.0. The molecule has 0 amide bonds. The molecule has 1 unspecified atom stereocenters. The average molecular weight is 216 g/mol. The Morgan fingerprint density at radius 3 is 2.53 bits per heavy atom. The molecule has 3 nitrogen and oxygen atoms in total. The van der Waals surface area contributed by atoms with Gasteiger partial charge in [-0.3, -0.25) is 0 Å². The summed E-state index contributed by atoms with van der Waals surface area (Å²) in [5, 5.41) is 0. The molecule has 0 radical (unpaired) electrons. The summed E-state index contributed by atoms with van der Waals surface area (Å²) in [6.45, 7) is 5.92. The van der Waals surface area contributed by atoms with E-state index in [9.17, 15) is 4.79 Å². The summed E-state index contributed by atoms with van der Waals surface area (Å²) >= 11 is 0. The van der Waals surface area contributed by atoms with Crippen LogP contribution in [0.25, 0.3) is 0 Å². The molecule has 0 aliphatic rings. The molecule has 0 saturated carbocycles. The molecule has 3 heteroatoms. The molecule has 0 N–H and O–H groups in total. The summed E-state index contributed by atoms with van der Waals surface area (Å²) in [6, 6.07) is 0. The van der Waals surface area contributed by atoms with Gasteiger partial charge in [-0.1, -0.05) is 32.6 Å². The zero-order chi connectivity index (χ0) is 11.4. The second kappa shape index (κ2) is 11.7. The van der Waals surface area contributed by atoms with Crippen LogP contribution in [0.1, 0.15) is 46.0 Å². The fraction of sp³-hybridized carbons (Fsp3) is 0.917. The molecule has 0 saturated heterocycles. The highest BCUT2D eigenvalue weighted by atomic mass is 16.5. The maximum atomic E-state index is 10.7. The van der Waals surface area contributed by atoms with E-state index in [0.717, 1.165) is 19.1 Å². The summed E-state index contributed by atoms with van der Waals surface area (Å²) in [7, 11) is 0. The topological polar surface area (TPSA) is 35.5 Å². The standard InChI is InChI=1S/C12H24O3/c1-3-5-6-7-8-12(11-13)15-10-9-14-4-2/h11-12H,3-10H2,1-2H3. The van der Waals surface area contributed by atoms with Gasteiger partial charge in [0.15, 0.2) is 0 Å². The fourth-order valence-electron chi connectivity index (χ4n) is 1.37. The van der Waals surface area contributed by atoms with Crippen molar-refractivity contribution in [3.63, 3.8) is 0 Å². The lowest BCUT2D eigenvalue weighted by Crippen LogP contribution is -2.17. The quantitative estimate of drug-likeness (QED) is 0.393. The molecule has 0 heterocycles. The van der Waals surface area contributed by atoms with Crippen LogP contribution in [0.15, 0.2) is 0 Å². The van der Waals surface area contributed by atoms with Crippen LogP contribution < -0.4 is 0 Å². The number of ether oxygens (including phenoxy) is 2. The Hall–Kier alpha value is -0.410. The lowest BCUT2D eigenvalue weighted by atomic mass is 10.1. The molecule has 0 aliphatic heterocycles. The maximum absolute atomic E-state index is 10.7. The van der Waals surface area contributed by atoms with Crippen LogP contribution >= 0.6 is 0 Å². The van der Waals surface area contributed by atoms with Crippen LogP contribution in [0, 0.1) is 0 Å². The van der Waals surface area contributed by atoms with Gasteiger partial charge in [0.2, 0.25) is 0 Å². The highest BCUT2D eigenvalue weighted by Gasteiger charge is 2.06. The van der Waals surface area contributed by atoms with E-state index in [4.69, 9.17) is 9.47 Å². The van der Waals surface area contributed by atoms with E-state index in [1.54, 1.807) is 0 Å². The largest absolute Gasteiger partial charge is 0.379 e. The van der Waals surface area contributed by atoms with E-state index in [1.807, 2.05) is 6.92 Å². The predicted molar refractivity (Wildman–Crippen MR) is 61.1 cm³/mol. The zero-order valence-corrected chi connectivity index (χ0v) is 10.0. The summed E-state index contributed by atoms with van der Waals surface area (Å²) in [5.41, 5.74) is 0. The third-order valence-corrected chi connectivity index (χ3v) is 2.26. The lowest BCUT2D eigenvalue weighted by Gasteiger charge is -2.11. The number of carbonyl (C=O) groups excluding carboxylic acids is 1. The van der Waals surface area contributed by atoms with Crippen molar-refractivity contribution in [2.45, 2.75) is 52.1 Å². The van der Waals surface area contributed by atoms with Crippen molar-refractivity contribution in [2.75, 3.05) is 19.8 Å². The minimum Gasteiger partial charge on any atom is -0.379 e. The number of hydrogen-bond acceptors (Lipinski definition) is 3. The summed E-state index contributed by atoms with van der Waals surface area (Å²) < 4.78 is 10.5. The second-order valence-corrected chi connectivity index (χ2v) is 3.59. The van der Waals surface area contributed by atoms with Crippen LogP contribution in [-0.2, 0) is 14.3 Å². The summed E-state index contributed by atoms with van der Waals surface area (Å²) in [5.74, 6) is 0. The Bertz CT molecular complexity index is 125. The Morgan fingerprint density at radius 1 is 1.13 bits per heavy atom. The van der Waals surface area contributed by atoms with E-state index in [1.165, 1.54) is 19.3 Å². The highest BCUT2D eigenvalue weighted by Crippen LogP contribution is 2.06. The minimum absolute atomic E-state index is 0.234. The van der Waals surface area contributed by atoms with Gasteiger partial charge < -0.3 is 14.3 Å². The molecule has 0 aromatic heterocycles. The number of hydrogen-bond donors (Lipinski definition) is 0. The summed E-state index contributed by atoms with van der Waals surface area (Å²) in [4.78, 5) is 10.7. The first-order valence-electron chi connectivity index (χ1n) is 5.99. The monoisotopic (exact) mass is 216 g/mol. The molecule has 15 heavy (non-hydrogen) atoms. The van der Waals surface area contributed by atoms with Gasteiger partial charge in [0, 0.05) is 6.61 Å². The molecule has 0 bridgehead atoms. The Balaban J connectivity index is 3.34. The average Bonchev–Trinajstić information content (AvgIpc) is 2.27. The van der Waals surface area contributed by atoms with Crippen molar-refractivity contribution < 1.29 is 14.3 Å². The first-order chi connectivity index (χ1) is 7.35. The van der Waals surface area contributed by atoms with Gasteiger partial charge in [0.25, 0.3) is 0 Å². The van der Waals surface area contributed by atoms with E-state index < -0.39 is 0 Å². The molecule has 0 aliphatic carbocycles. The minimum atomic E-state index is -0.234. The van der Waals surface area contributed by atoms with Gasteiger partial charge in [-0.25, -0.2) is 0 Å². The third-order valence-electron chi connectivity index (χ3n) is 2.26. The smallest absolute Gasteiger partial charge is 0.148 e. The molecular weight excluding hydrogens is 192 g/mol. The number of unbranched alkanes of at least 4 members (excludes halogenated alkanes) is 3. The van der Waals surface area contributed by atoms with Crippen molar-refractivity contribution in [1.82, 2.24) is 0 Å². The van der Waals surface area contributed by atoms with Gasteiger partial charge in [-0.05, 0) is 13.3 Å². The number of carbonyl (C=O) groups is 1. The molecule has 0 rings (SSSR count). The fourth-order valence-corrected chi connectivity index (χ4v) is 1.37. The molecule has 0 fully saturated rings. The SMILES string of the molecule is CCCCCCC(C=O)OCCOCC. The van der Waals surface area contributed by atoms with E-state index >= 15 is 0 Å². The Kier molecular flexibility index (Phi) is 11.3. The van der Waals surface area contributed by atoms with E-state index in [2.05, 4.69) is 6.92 Å². The van der Waals surface area contributed by atoms with Crippen LogP contribution in [0.3, 0.4) is 0 Å². The summed E-state index contributed by atoms with van der Waals surface area (Å²) in [6.07, 6.45) is 6.23. The third kappa shape index (κ3) is 9.88. The number of rotatable bonds is 11. The maximum Gasteiger partial charge on any atom is 0.148 e. The van der Waals surface area contributed by atoms with Crippen molar-refractivity contribution in [3.05, 3.63) is 0 Å². The van der Waals surface area contributed by atoms with E-state index in [0.29, 0.717) is 19.8 Å². The first-order valence-corrected chi connectivity index (χ1v) is 5.99. The van der Waals surface area contributed by atoms with Gasteiger partial charge in [0.05, 0.1) is 13.2 Å². The van der Waals surface area contributed by atoms with Crippen LogP contribution in [0.5, 0.6) is 0 Å². The van der Waals surface area contributed by atoms with Crippen molar-refractivity contribution in [1.29, 1.82) is 0 Å².